The molecule has 0 fully saturated rings. The van der Waals surface area contributed by atoms with Crippen molar-refractivity contribution < 1.29 is 13.2 Å². The predicted octanol–water partition coefficient (Wildman–Crippen LogP) is 2.61. The van der Waals surface area contributed by atoms with Crippen LogP contribution in [0.2, 0.25) is 0 Å². The maximum absolute atomic E-state index is 13.3. The van der Waals surface area contributed by atoms with Crippen molar-refractivity contribution in [3.05, 3.63) is 41.2 Å². The van der Waals surface area contributed by atoms with E-state index >= 15 is 0 Å². The first-order chi connectivity index (χ1) is 7.09. The first-order valence-corrected chi connectivity index (χ1v) is 4.69. The number of hydrogen-bond acceptors (Lipinski definition) is 1. The van der Waals surface area contributed by atoms with E-state index in [0.717, 1.165) is 6.07 Å². The van der Waals surface area contributed by atoms with Crippen LogP contribution < -0.4 is 5.73 Å². The molecule has 0 aliphatic heterocycles. The van der Waals surface area contributed by atoms with Gasteiger partial charge in [-0.3, -0.25) is 0 Å². The molecule has 0 heterocycles. The lowest BCUT2D eigenvalue weighted by molar-refractivity contribution is 0.445. The van der Waals surface area contributed by atoms with Crippen molar-refractivity contribution in [2.45, 2.75) is 18.9 Å². The average Bonchev–Trinajstić information content (AvgIpc) is 2.61. The minimum absolute atomic E-state index is 0.113. The monoisotopic (exact) mass is 213 g/mol. The van der Waals surface area contributed by atoms with Crippen LogP contribution in [0.25, 0.3) is 5.57 Å². The standard InChI is InChI=1S/C11H10F3N/c12-9-4-3-8(10(13)11(9)14)6-1-2-7(15)5-6/h3-5,7H,1-2,15H2. The second kappa shape index (κ2) is 3.70. The molecular weight excluding hydrogens is 203 g/mol. The minimum Gasteiger partial charge on any atom is -0.324 e. The van der Waals surface area contributed by atoms with Crippen LogP contribution >= 0.6 is 0 Å². The largest absolute Gasteiger partial charge is 0.324 e. The summed E-state index contributed by atoms with van der Waals surface area (Å²) in [7, 11) is 0. The Hall–Kier alpha value is -1.29. The van der Waals surface area contributed by atoms with Gasteiger partial charge < -0.3 is 5.73 Å². The Morgan fingerprint density at radius 3 is 2.47 bits per heavy atom. The molecule has 2 rings (SSSR count). The number of allylic oxidation sites excluding steroid dienone is 1. The van der Waals surface area contributed by atoms with Gasteiger partial charge in [0.25, 0.3) is 0 Å². The molecule has 1 aromatic carbocycles. The van der Waals surface area contributed by atoms with E-state index < -0.39 is 17.5 Å². The van der Waals surface area contributed by atoms with E-state index in [0.29, 0.717) is 18.4 Å². The zero-order valence-electron chi connectivity index (χ0n) is 7.93. The van der Waals surface area contributed by atoms with Crippen molar-refractivity contribution in [3.63, 3.8) is 0 Å². The third kappa shape index (κ3) is 1.77. The van der Waals surface area contributed by atoms with Crippen LogP contribution in [-0.4, -0.2) is 6.04 Å². The Morgan fingerprint density at radius 2 is 1.87 bits per heavy atom. The summed E-state index contributed by atoms with van der Waals surface area (Å²) in [5, 5.41) is 0. The third-order valence-electron chi connectivity index (χ3n) is 2.54. The van der Waals surface area contributed by atoms with E-state index in [1.165, 1.54) is 6.07 Å². The second-order valence-corrected chi connectivity index (χ2v) is 3.62. The van der Waals surface area contributed by atoms with Crippen LogP contribution in [0, 0.1) is 17.5 Å². The molecule has 2 N–H and O–H groups in total. The number of hydrogen-bond donors (Lipinski definition) is 1. The molecule has 15 heavy (non-hydrogen) atoms. The SMILES string of the molecule is NC1C=C(c2ccc(F)c(F)c2F)CC1. The topological polar surface area (TPSA) is 26.0 Å². The Balaban J connectivity index is 2.46. The van der Waals surface area contributed by atoms with E-state index in [9.17, 15) is 13.2 Å². The molecule has 0 saturated carbocycles. The molecule has 1 unspecified atom stereocenters. The average molecular weight is 213 g/mol. The van der Waals surface area contributed by atoms with Gasteiger partial charge in [0.2, 0.25) is 0 Å². The molecule has 1 nitrogen and oxygen atoms in total. The summed E-state index contributed by atoms with van der Waals surface area (Å²) in [6.45, 7) is 0. The first kappa shape index (κ1) is 10.2. The molecule has 4 heteroatoms. The van der Waals surface area contributed by atoms with Crippen LogP contribution in [0.3, 0.4) is 0 Å². The fourth-order valence-electron chi connectivity index (χ4n) is 1.75. The first-order valence-electron chi connectivity index (χ1n) is 4.69. The Bertz CT molecular complexity index is 426. The summed E-state index contributed by atoms with van der Waals surface area (Å²) in [5.41, 5.74) is 6.38. The summed E-state index contributed by atoms with van der Waals surface area (Å²) >= 11 is 0. The van der Waals surface area contributed by atoms with Crippen LogP contribution in [0.5, 0.6) is 0 Å². The molecule has 1 aliphatic rings. The second-order valence-electron chi connectivity index (χ2n) is 3.62. The number of rotatable bonds is 1. The molecule has 0 bridgehead atoms. The van der Waals surface area contributed by atoms with Crippen LogP contribution in [0.1, 0.15) is 18.4 Å². The molecule has 1 aliphatic carbocycles. The van der Waals surface area contributed by atoms with Gasteiger partial charge in [0, 0.05) is 11.6 Å². The summed E-state index contributed by atoms with van der Waals surface area (Å²) in [5.74, 6) is -3.72. The van der Waals surface area contributed by atoms with Crippen molar-refractivity contribution in [1.82, 2.24) is 0 Å². The van der Waals surface area contributed by atoms with E-state index in [-0.39, 0.29) is 11.6 Å². The summed E-state index contributed by atoms with van der Waals surface area (Å²) in [6.07, 6.45) is 3.01. The van der Waals surface area contributed by atoms with E-state index in [1.54, 1.807) is 6.08 Å². The van der Waals surface area contributed by atoms with E-state index in [2.05, 4.69) is 0 Å². The van der Waals surface area contributed by atoms with Crippen molar-refractivity contribution >= 4 is 5.57 Å². The fraction of sp³-hybridized carbons (Fsp3) is 0.273. The minimum atomic E-state index is -1.42. The highest BCUT2D eigenvalue weighted by Crippen LogP contribution is 2.30. The number of nitrogens with two attached hydrogens (primary N) is 1. The summed E-state index contributed by atoms with van der Waals surface area (Å²) in [6, 6.07) is 2.06. The smallest absolute Gasteiger partial charge is 0.195 e. The summed E-state index contributed by atoms with van der Waals surface area (Å²) < 4.78 is 38.9. The van der Waals surface area contributed by atoms with E-state index in [1.807, 2.05) is 0 Å². The van der Waals surface area contributed by atoms with Crippen molar-refractivity contribution in [2.75, 3.05) is 0 Å². The fourth-order valence-corrected chi connectivity index (χ4v) is 1.75. The van der Waals surface area contributed by atoms with Gasteiger partial charge in [0.05, 0.1) is 0 Å². The molecule has 0 spiro atoms. The molecule has 0 radical (unpaired) electrons. The van der Waals surface area contributed by atoms with E-state index in [4.69, 9.17) is 5.73 Å². The van der Waals surface area contributed by atoms with Crippen molar-refractivity contribution in [3.8, 4) is 0 Å². The van der Waals surface area contributed by atoms with Gasteiger partial charge >= 0.3 is 0 Å². The third-order valence-corrected chi connectivity index (χ3v) is 2.54. The Kier molecular flexibility index (Phi) is 2.52. The molecule has 0 aromatic heterocycles. The molecular formula is C11H10F3N. The zero-order valence-corrected chi connectivity index (χ0v) is 7.93. The Labute approximate surface area is 85.4 Å². The van der Waals surface area contributed by atoms with Crippen LogP contribution in [0.4, 0.5) is 13.2 Å². The molecule has 1 aromatic rings. The number of halogens is 3. The van der Waals surface area contributed by atoms with Crippen molar-refractivity contribution in [2.24, 2.45) is 5.73 Å². The maximum Gasteiger partial charge on any atom is 0.195 e. The number of benzene rings is 1. The maximum atomic E-state index is 13.3. The van der Waals surface area contributed by atoms with Gasteiger partial charge in [-0.2, -0.15) is 0 Å². The molecule has 0 saturated heterocycles. The van der Waals surface area contributed by atoms with Crippen LogP contribution in [0.15, 0.2) is 18.2 Å². The predicted molar refractivity (Wildman–Crippen MR) is 51.5 cm³/mol. The summed E-state index contributed by atoms with van der Waals surface area (Å²) in [4.78, 5) is 0. The highest BCUT2D eigenvalue weighted by molar-refractivity contribution is 5.68. The Morgan fingerprint density at radius 1 is 1.13 bits per heavy atom. The normalized spacial score (nSPS) is 20.5. The molecule has 1 atom stereocenters. The van der Waals surface area contributed by atoms with Gasteiger partial charge in [-0.05, 0) is 30.5 Å². The zero-order chi connectivity index (χ0) is 11.0. The van der Waals surface area contributed by atoms with Crippen LogP contribution in [-0.2, 0) is 0 Å². The molecule has 80 valence electrons. The quantitative estimate of drug-likeness (QED) is 0.713. The van der Waals surface area contributed by atoms with Gasteiger partial charge in [0.1, 0.15) is 0 Å². The van der Waals surface area contributed by atoms with Gasteiger partial charge in [-0.25, -0.2) is 13.2 Å². The highest BCUT2D eigenvalue weighted by atomic mass is 19.2. The highest BCUT2D eigenvalue weighted by Gasteiger charge is 2.20. The van der Waals surface area contributed by atoms with Gasteiger partial charge in [-0.15, -0.1) is 0 Å². The lowest BCUT2D eigenvalue weighted by Gasteiger charge is -2.04. The molecule has 0 amide bonds. The van der Waals surface area contributed by atoms with Crippen molar-refractivity contribution in [1.29, 1.82) is 0 Å². The van der Waals surface area contributed by atoms with Gasteiger partial charge in [0.15, 0.2) is 17.5 Å². The lowest BCUT2D eigenvalue weighted by Crippen LogP contribution is -2.11. The van der Waals surface area contributed by atoms with Gasteiger partial charge in [-0.1, -0.05) is 6.08 Å². The lowest BCUT2D eigenvalue weighted by atomic mass is 10.0.